The number of hydrogen-bond donors (Lipinski definition) is 2. The molecule has 0 bridgehead atoms. The molecule has 0 heterocycles. The number of likely N-dealkylation sites (N-methyl/N-ethyl adjacent to an activating group) is 2. The van der Waals surface area contributed by atoms with Crippen molar-refractivity contribution in [1.82, 2.24) is 10.6 Å². The van der Waals surface area contributed by atoms with Crippen LogP contribution in [0.3, 0.4) is 0 Å². The molecule has 0 aromatic carbocycles. The summed E-state index contributed by atoms with van der Waals surface area (Å²) in [4.78, 5) is 23.2. The van der Waals surface area contributed by atoms with Gasteiger partial charge in [0.15, 0.2) is 0 Å². The highest BCUT2D eigenvalue weighted by molar-refractivity contribution is 6.34. The zero-order valence-electron chi connectivity index (χ0n) is 14.4. The molecule has 0 aliphatic heterocycles. The number of carbonyl (C=O) groups excluding carboxylic acids is 2. The standard InChI is InChI=1S/C17H22Cl2N2O3/c1-9(6-13(22)20-3)11-8-12(10(2)7-14(23)21-4)16(19)17(24-5)15(11)18/h6-8,11,15H,1-5H3,(H,20,22)(H,21,23)/b9-6-,10-7-. The summed E-state index contributed by atoms with van der Waals surface area (Å²) in [6, 6.07) is 0. The summed E-state index contributed by atoms with van der Waals surface area (Å²) in [6.07, 6.45) is 4.79. The maximum Gasteiger partial charge on any atom is 0.244 e. The summed E-state index contributed by atoms with van der Waals surface area (Å²) >= 11 is 12.9. The molecule has 2 unspecified atom stereocenters. The summed E-state index contributed by atoms with van der Waals surface area (Å²) in [7, 11) is 4.59. The molecule has 0 radical (unpaired) electrons. The molecule has 0 spiro atoms. The minimum atomic E-state index is -0.542. The third kappa shape index (κ3) is 4.65. The van der Waals surface area contributed by atoms with Crippen molar-refractivity contribution in [2.24, 2.45) is 5.92 Å². The Kier molecular flexibility index (Phi) is 7.58. The molecule has 1 aliphatic carbocycles. The number of alkyl halides is 1. The fourth-order valence-electron chi connectivity index (χ4n) is 2.34. The number of allylic oxidation sites excluding steroid dienone is 6. The van der Waals surface area contributed by atoms with E-state index < -0.39 is 5.38 Å². The lowest BCUT2D eigenvalue weighted by molar-refractivity contribution is -0.116. The molecule has 2 atom stereocenters. The Bertz CT molecular complexity index is 648. The van der Waals surface area contributed by atoms with E-state index in [9.17, 15) is 9.59 Å². The van der Waals surface area contributed by atoms with Crippen molar-refractivity contribution in [3.8, 4) is 0 Å². The van der Waals surface area contributed by atoms with Gasteiger partial charge in [-0.15, -0.1) is 11.6 Å². The highest BCUT2D eigenvalue weighted by Crippen LogP contribution is 2.40. The number of hydrogen-bond acceptors (Lipinski definition) is 3. The largest absolute Gasteiger partial charge is 0.498 e. The number of nitrogens with one attached hydrogen (secondary N) is 2. The van der Waals surface area contributed by atoms with Crippen LogP contribution in [-0.2, 0) is 14.3 Å². The lowest BCUT2D eigenvalue weighted by Crippen LogP contribution is -2.25. The van der Waals surface area contributed by atoms with Crippen LogP contribution in [0.1, 0.15) is 13.8 Å². The molecule has 1 rings (SSSR count). The highest BCUT2D eigenvalue weighted by Gasteiger charge is 2.32. The smallest absolute Gasteiger partial charge is 0.244 e. The molecule has 24 heavy (non-hydrogen) atoms. The van der Waals surface area contributed by atoms with Crippen molar-refractivity contribution in [2.75, 3.05) is 21.2 Å². The molecule has 2 amide bonds. The Hall–Kier alpha value is -1.72. The van der Waals surface area contributed by atoms with Gasteiger partial charge < -0.3 is 15.4 Å². The number of amides is 2. The number of rotatable bonds is 5. The lowest BCUT2D eigenvalue weighted by Gasteiger charge is -2.29. The van der Waals surface area contributed by atoms with E-state index in [0.29, 0.717) is 21.9 Å². The number of halogens is 2. The molecule has 1 aliphatic rings. The van der Waals surface area contributed by atoms with Crippen molar-refractivity contribution in [3.63, 3.8) is 0 Å². The van der Waals surface area contributed by atoms with Crippen LogP contribution in [0.5, 0.6) is 0 Å². The van der Waals surface area contributed by atoms with Gasteiger partial charge in [-0.3, -0.25) is 9.59 Å². The molecule has 2 N–H and O–H groups in total. The van der Waals surface area contributed by atoms with Crippen LogP contribution in [0.15, 0.2) is 45.7 Å². The third-order valence-electron chi connectivity index (χ3n) is 3.73. The lowest BCUT2D eigenvalue weighted by atomic mass is 9.86. The predicted octanol–water partition coefficient (Wildman–Crippen LogP) is 2.63. The molecule has 0 saturated heterocycles. The van der Waals surface area contributed by atoms with E-state index >= 15 is 0 Å². The minimum absolute atomic E-state index is 0.219. The van der Waals surface area contributed by atoms with E-state index in [0.717, 1.165) is 5.57 Å². The van der Waals surface area contributed by atoms with E-state index in [1.807, 2.05) is 13.0 Å². The Balaban J connectivity index is 3.38. The molecule has 7 heteroatoms. The summed E-state index contributed by atoms with van der Waals surface area (Å²) < 4.78 is 5.36. The van der Waals surface area contributed by atoms with Gasteiger partial charge in [0.2, 0.25) is 11.8 Å². The molecule has 5 nitrogen and oxygen atoms in total. The predicted molar refractivity (Wildman–Crippen MR) is 96.7 cm³/mol. The van der Waals surface area contributed by atoms with Crippen LogP contribution in [0.4, 0.5) is 0 Å². The van der Waals surface area contributed by atoms with Crippen molar-refractivity contribution in [1.29, 1.82) is 0 Å². The van der Waals surface area contributed by atoms with Crippen molar-refractivity contribution in [2.45, 2.75) is 19.2 Å². The minimum Gasteiger partial charge on any atom is -0.498 e. The van der Waals surface area contributed by atoms with E-state index in [1.165, 1.54) is 19.3 Å². The molecular formula is C17H22Cl2N2O3. The molecule has 0 aromatic heterocycles. The fraction of sp³-hybridized carbons (Fsp3) is 0.412. The van der Waals surface area contributed by atoms with Crippen LogP contribution in [-0.4, -0.2) is 38.4 Å². The highest BCUT2D eigenvalue weighted by atomic mass is 35.5. The average molecular weight is 373 g/mol. The van der Waals surface area contributed by atoms with Gasteiger partial charge in [-0.05, 0) is 25.0 Å². The average Bonchev–Trinajstić information content (AvgIpc) is 2.54. The van der Waals surface area contributed by atoms with E-state index in [1.54, 1.807) is 21.0 Å². The second-order valence-electron chi connectivity index (χ2n) is 5.33. The zero-order valence-corrected chi connectivity index (χ0v) is 15.9. The molecule has 132 valence electrons. The maximum absolute atomic E-state index is 11.6. The SMILES string of the molecule is CNC(=O)/C=C(/C)C1=CC(/C(C)=C\C(=O)NC)C(Cl)C(OC)=C1Cl. The van der Waals surface area contributed by atoms with Gasteiger partial charge in [-0.25, -0.2) is 0 Å². The monoisotopic (exact) mass is 372 g/mol. The van der Waals surface area contributed by atoms with E-state index in [-0.39, 0.29) is 17.7 Å². The first-order chi connectivity index (χ1) is 11.3. The van der Waals surface area contributed by atoms with Crippen molar-refractivity contribution in [3.05, 3.63) is 45.7 Å². The first kappa shape index (κ1) is 20.3. The second kappa shape index (κ2) is 8.94. The maximum atomic E-state index is 11.6. The third-order valence-corrected chi connectivity index (χ3v) is 4.59. The second-order valence-corrected chi connectivity index (χ2v) is 6.18. The van der Waals surface area contributed by atoms with Gasteiger partial charge >= 0.3 is 0 Å². The topological polar surface area (TPSA) is 67.4 Å². The molecule has 0 saturated carbocycles. The zero-order chi connectivity index (χ0) is 18.4. The quantitative estimate of drug-likeness (QED) is 0.575. The Morgan fingerprint density at radius 3 is 2.21 bits per heavy atom. The van der Waals surface area contributed by atoms with E-state index in [4.69, 9.17) is 27.9 Å². The summed E-state index contributed by atoms with van der Waals surface area (Å²) in [6.45, 7) is 3.59. The number of methoxy groups -OCH3 is 1. The summed E-state index contributed by atoms with van der Waals surface area (Å²) in [5.41, 5.74) is 2.09. The van der Waals surface area contributed by atoms with Gasteiger partial charge in [0.25, 0.3) is 0 Å². The summed E-state index contributed by atoms with van der Waals surface area (Å²) in [5, 5.41) is 4.89. The van der Waals surface area contributed by atoms with Gasteiger partial charge in [0, 0.05) is 32.2 Å². The van der Waals surface area contributed by atoms with Crippen molar-refractivity contribution < 1.29 is 14.3 Å². The van der Waals surface area contributed by atoms with Crippen molar-refractivity contribution >= 4 is 35.0 Å². The summed E-state index contributed by atoms with van der Waals surface area (Å²) in [5.74, 6) is -0.331. The van der Waals surface area contributed by atoms with Gasteiger partial charge in [0.05, 0.1) is 12.1 Å². The van der Waals surface area contributed by atoms with Gasteiger partial charge in [-0.1, -0.05) is 23.3 Å². The molecular weight excluding hydrogens is 351 g/mol. The van der Waals surface area contributed by atoms with Crippen LogP contribution >= 0.6 is 23.2 Å². The normalized spacial score (nSPS) is 22.0. The first-order valence-electron chi connectivity index (χ1n) is 7.37. The Morgan fingerprint density at radius 2 is 1.71 bits per heavy atom. The Labute approximate surface area is 152 Å². The van der Waals surface area contributed by atoms with Crippen LogP contribution in [0, 0.1) is 5.92 Å². The number of carbonyl (C=O) groups is 2. The Morgan fingerprint density at radius 1 is 1.17 bits per heavy atom. The first-order valence-corrected chi connectivity index (χ1v) is 8.18. The van der Waals surface area contributed by atoms with Gasteiger partial charge in [-0.2, -0.15) is 0 Å². The number of ether oxygens (including phenoxy) is 1. The molecule has 0 aromatic rings. The van der Waals surface area contributed by atoms with E-state index in [2.05, 4.69) is 10.6 Å². The van der Waals surface area contributed by atoms with Crippen LogP contribution in [0.2, 0.25) is 0 Å². The van der Waals surface area contributed by atoms with Crippen LogP contribution < -0.4 is 10.6 Å². The van der Waals surface area contributed by atoms with Crippen LogP contribution in [0.25, 0.3) is 0 Å². The fourth-order valence-corrected chi connectivity index (χ4v) is 3.28. The molecule has 0 fully saturated rings. The van der Waals surface area contributed by atoms with Gasteiger partial charge in [0.1, 0.15) is 11.1 Å².